The van der Waals surface area contributed by atoms with Gasteiger partial charge in [0, 0.05) is 31.1 Å². The van der Waals surface area contributed by atoms with Crippen molar-refractivity contribution in [1.82, 2.24) is 14.8 Å². The molecule has 0 radical (unpaired) electrons. The number of ether oxygens (including phenoxy) is 2. The molecular weight excluding hydrogens is 414 g/mol. The maximum Gasteiger partial charge on any atom is 0.326 e. The summed E-state index contributed by atoms with van der Waals surface area (Å²) in [5.74, 6) is -0.760. The van der Waals surface area contributed by atoms with E-state index in [2.05, 4.69) is 5.32 Å². The highest BCUT2D eigenvalue weighted by molar-refractivity contribution is 6.02. The number of hydrogen-bond donors (Lipinski definition) is 2. The van der Waals surface area contributed by atoms with Gasteiger partial charge in [0.05, 0.1) is 19.7 Å². The normalized spacial score (nSPS) is 17.8. The number of benzene rings is 1. The number of carbonyl (C=O) groups is 3. The van der Waals surface area contributed by atoms with Crippen LogP contribution in [0, 0.1) is 5.92 Å². The van der Waals surface area contributed by atoms with E-state index in [-0.39, 0.29) is 11.8 Å². The van der Waals surface area contributed by atoms with E-state index in [1.54, 1.807) is 38.0 Å². The molecule has 32 heavy (non-hydrogen) atoms. The topological polar surface area (TPSA) is 110 Å². The van der Waals surface area contributed by atoms with E-state index < -0.39 is 24.0 Å². The highest BCUT2D eigenvalue weighted by Gasteiger charge is 2.39. The molecule has 0 bridgehead atoms. The lowest BCUT2D eigenvalue weighted by Crippen LogP contribution is -2.54. The van der Waals surface area contributed by atoms with Gasteiger partial charge in [-0.2, -0.15) is 0 Å². The van der Waals surface area contributed by atoms with Crippen LogP contribution in [0.2, 0.25) is 0 Å². The average molecular weight is 446 g/mol. The molecule has 1 aliphatic rings. The molecule has 2 amide bonds. The van der Waals surface area contributed by atoms with Crippen molar-refractivity contribution in [2.24, 2.45) is 13.0 Å². The second kappa shape index (κ2) is 9.50. The van der Waals surface area contributed by atoms with Crippen LogP contribution in [0.5, 0.6) is 11.5 Å². The van der Waals surface area contributed by atoms with Gasteiger partial charge in [0.25, 0.3) is 5.91 Å². The highest BCUT2D eigenvalue weighted by Crippen LogP contribution is 2.33. The summed E-state index contributed by atoms with van der Waals surface area (Å²) in [6.07, 6.45) is 1.71. The molecule has 1 fully saturated rings. The van der Waals surface area contributed by atoms with E-state index in [0.717, 1.165) is 10.9 Å². The van der Waals surface area contributed by atoms with E-state index in [1.165, 1.54) is 4.90 Å². The summed E-state index contributed by atoms with van der Waals surface area (Å²) in [5, 5.41) is 13.1. The van der Waals surface area contributed by atoms with Gasteiger partial charge in [-0.1, -0.05) is 20.3 Å². The Kier molecular flexibility index (Phi) is 6.96. The highest BCUT2D eigenvalue weighted by atomic mass is 16.5. The third-order valence-corrected chi connectivity index (χ3v) is 6.37. The summed E-state index contributed by atoms with van der Waals surface area (Å²) in [7, 11) is 4.87. The van der Waals surface area contributed by atoms with Crippen molar-refractivity contribution in [3.05, 3.63) is 23.9 Å². The van der Waals surface area contributed by atoms with Gasteiger partial charge in [0.2, 0.25) is 5.91 Å². The van der Waals surface area contributed by atoms with Gasteiger partial charge in [-0.3, -0.25) is 9.59 Å². The maximum absolute atomic E-state index is 13.3. The molecule has 0 spiro atoms. The second-order valence-corrected chi connectivity index (χ2v) is 8.22. The number of fused-ring (bicyclic) bond motifs is 1. The van der Waals surface area contributed by atoms with Crippen molar-refractivity contribution in [1.29, 1.82) is 0 Å². The first-order chi connectivity index (χ1) is 15.2. The predicted octanol–water partition coefficient (Wildman–Crippen LogP) is 2.42. The fourth-order valence-corrected chi connectivity index (χ4v) is 4.24. The van der Waals surface area contributed by atoms with Crippen molar-refractivity contribution in [3.8, 4) is 11.5 Å². The van der Waals surface area contributed by atoms with Crippen molar-refractivity contribution in [3.63, 3.8) is 0 Å². The zero-order valence-electron chi connectivity index (χ0n) is 19.2. The van der Waals surface area contributed by atoms with Gasteiger partial charge in [-0.15, -0.1) is 0 Å². The van der Waals surface area contributed by atoms with Crippen LogP contribution in [-0.2, 0) is 16.6 Å². The van der Waals surface area contributed by atoms with E-state index in [4.69, 9.17) is 9.47 Å². The first-order valence-corrected chi connectivity index (χ1v) is 10.8. The van der Waals surface area contributed by atoms with Crippen LogP contribution in [0.15, 0.2) is 18.2 Å². The van der Waals surface area contributed by atoms with Crippen LogP contribution in [-0.4, -0.2) is 65.2 Å². The Labute approximate surface area is 187 Å². The number of aromatic nitrogens is 1. The molecule has 0 saturated carbocycles. The van der Waals surface area contributed by atoms with Gasteiger partial charge in [0.15, 0.2) is 0 Å². The SMILES string of the molecule is CCC(C)C(NC(=O)c1cc2c(OC)cc(OC)cc2n1C)C(=O)N1CCCC1C(=O)O. The van der Waals surface area contributed by atoms with E-state index in [9.17, 15) is 19.5 Å². The zero-order valence-corrected chi connectivity index (χ0v) is 19.2. The molecule has 1 aromatic carbocycles. The number of carbonyl (C=O) groups excluding carboxylic acids is 2. The van der Waals surface area contributed by atoms with Crippen LogP contribution in [0.4, 0.5) is 0 Å². The van der Waals surface area contributed by atoms with Crippen LogP contribution in [0.3, 0.4) is 0 Å². The number of aliphatic carboxylic acids is 1. The van der Waals surface area contributed by atoms with E-state index in [0.29, 0.717) is 43.0 Å². The summed E-state index contributed by atoms with van der Waals surface area (Å²) >= 11 is 0. The standard InChI is InChI=1S/C23H31N3O6/c1-6-13(2)20(22(28)26-9-7-8-16(26)23(29)30)24-21(27)18-12-15-17(25(18)3)10-14(31-4)11-19(15)32-5/h10-13,16,20H,6-9H2,1-5H3,(H,24,27)(H,29,30). The number of nitrogens with zero attached hydrogens (tertiary/aromatic N) is 2. The quantitative estimate of drug-likeness (QED) is 0.646. The van der Waals surface area contributed by atoms with Crippen LogP contribution < -0.4 is 14.8 Å². The third kappa shape index (κ3) is 4.24. The summed E-state index contributed by atoms with van der Waals surface area (Å²) in [6, 6.07) is 3.61. The average Bonchev–Trinajstić information content (AvgIpc) is 3.41. The first kappa shape index (κ1) is 23.4. The molecular formula is C23H31N3O6. The van der Waals surface area contributed by atoms with Gasteiger partial charge >= 0.3 is 5.97 Å². The molecule has 2 aromatic rings. The van der Waals surface area contributed by atoms with Crippen molar-refractivity contribution in [2.45, 2.75) is 45.2 Å². The fourth-order valence-electron chi connectivity index (χ4n) is 4.24. The maximum atomic E-state index is 13.3. The second-order valence-electron chi connectivity index (χ2n) is 8.22. The molecule has 9 heteroatoms. The Bertz CT molecular complexity index is 1030. The van der Waals surface area contributed by atoms with Crippen LogP contribution in [0.1, 0.15) is 43.6 Å². The molecule has 1 saturated heterocycles. The number of likely N-dealkylation sites (tertiary alicyclic amines) is 1. The fraction of sp³-hybridized carbons (Fsp3) is 0.522. The summed E-state index contributed by atoms with van der Waals surface area (Å²) in [6.45, 7) is 4.19. The number of hydrogen-bond acceptors (Lipinski definition) is 5. The van der Waals surface area contributed by atoms with Gasteiger partial charge < -0.3 is 29.4 Å². The monoisotopic (exact) mass is 445 g/mol. The van der Waals surface area contributed by atoms with Crippen LogP contribution >= 0.6 is 0 Å². The molecule has 174 valence electrons. The first-order valence-electron chi connectivity index (χ1n) is 10.8. The molecule has 3 rings (SSSR count). The van der Waals surface area contributed by atoms with Crippen molar-refractivity contribution in [2.75, 3.05) is 20.8 Å². The Hall–Kier alpha value is -3.23. The molecule has 3 atom stereocenters. The Morgan fingerprint density at radius 3 is 2.53 bits per heavy atom. The number of methoxy groups -OCH3 is 2. The number of carboxylic acids is 1. The molecule has 1 aromatic heterocycles. The number of amides is 2. The summed E-state index contributed by atoms with van der Waals surface area (Å²) < 4.78 is 12.5. The zero-order chi connectivity index (χ0) is 23.6. The summed E-state index contributed by atoms with van der Waals surface area (Å²) in [4.78, 5) is 39.5. The number of carboxylic acid groups (broad SMARTS) is 1. The lowest BCUT2D eigenvalue weighted by Gasteiger charge is -2.30. The molecule has 2 N–H and O–H groups in total. The minimum atomic E-state index is -1.01. The predicted molar refractivity (Wildman–Crippen MR) is 119 cm³/mol. The number of rotatable bonds is 8. The molecule has 0 aliphatic carbocycles. The molecule has 1 aliphatic heterocycles. The lowest BCUT2D eigenvalue weighted by atomic mass is 9.97. The Morgan fingerprint density at radius 1 is 1.22 bits per heavy atom. The molecule has 3 unspecified atom stereocenters. The molecule has 2 heterocycles. The number of aryl methyl sites for hydroxylation is 1. The van der Waals surface area contributed by atoms with E-state index >= 15 is 0 Å². The smallest absolute Gasteiger partial charge is 0.326 e. The lowest BCUT2D eigenvalue weighted by molar-refractivity contribution is -0.149. The Balaban J connectivity index is 1.93. The van der Waals surface area contributed by atoms with Gasteiger partial charge in [-0.05, 0) is 24.8 Å². The number of nitrogens with one attached hydrogen (secondary N) is 1. The molecule has 9 nitrogen and oxygen atoms in total. The third-order valence-electron chi connectivity index (χ3n) is 6.37. The Morgan fingerprint density at radius 2 is 1.94 bits per heavy atom. The van der Waals surface area contributed by atoms with Crippen LogP contribution in [0.25, 0.3) is 10.9 Å². The largest absolute Gasteiger partial charge is 0.497 e. The van der Waals surface area contributed by atoms with Gasteiger partial charge in [0.1, 0.15) is 29.3 Å². The summed E-state index contributed by atoms with van der Waals surface area (Å²) in [5.41, 5.74) is 1.12. The van der Waals surface area contributed by atoms with Crippen molar-refractivity contribution >= 4 is 28.7 Å². The van der Waals surface area contributed by atoms with Crippen molar-refractivity contribution < 1.29 is 29.0 Å². The van der Waals surface area contributed by atoms with Gasteiger partial charge in [-0.25, -0.2) is 4.79 Å². The minimum Gasteiger partial charge on any atom is -0.497 e. The minimum absolute atomic E-state index is 0.161. The van der Waals surface area contributed by atoms with E-state index in [1.807, 2.05) is 19.9 Å².